The highest BCUT2D eigenvalue weighted by Crippen LogP contribution is 1.98. The van der Waals surface area contributed by atoms with Crippen molar-refractivity contribution >= 4 is 16.0 Å². The zero-order valence-electron chi connectivity index (χ0n) is 8.19. The number of hydrogen-bond donors (Lipinski definition) is 4. The average Bonchev–Trinajstić information content (AvgIpc) is 2.16. The maximum Gasteiger partial charge on any atom is 0.277 e. The highest BCUT2D eigenvalue weighted by atomic mass is 32.2. The first-order valence-electron chi connectivity index (χ1n) is 4.15. The Bertz CT molecular complexity index is 287. The van der Waals surface area contributed by atoms with E-state index in [9.17, 15) is 8.42 Å². The Morgan fingerprint density at radius 3 is 2.57 bits per heavy atom. The molecule has 1 unspecified atom stereocenters. The normalized spacial score (nSPS) is 15.4. The second-order valence-corrected chi connectivity index (χ2v) is 4.34. The molecule has 0 saturated carbocycles. The van der Waals surface area contributed by atoms with Crippen molar-refractivity contribution in [3.8, 4) is 0 Å². The zero-order valence-corrected chi connectivity index (χ0v) is 9.00. The van der Waals surface area contributed by atoms with Crippen molar-refractivity contribution < 1.29 is 13.6 Å². The summed E-state index contributed by atoms with van der Waals surface area (Å²) in [7, 11) is -2.29. The summed E-state index contributed by atoms with van der Waals surface area (Å²) >= 11 is 0. The first-order valence-corrected chi connectivity index (χ1v) is 5.63. The minimum absolute atomic E-state index is 0.148. The maximum absolute atomic E-state index is 11.1. The van der Waals surface area contributed by atoms with Crippen LogP contribution < -0.4 is 15.2 Å². The van der Waals surface area contributed by atoms with Crippen molar-refractivity contribution in [3.05, 3.63) is 0 Å². The maximum atomic E-state index is 11.1. The third kappa shape index (κ3) is 4.40. The molecule has 7 nitrogen and oxygen atoms in total. The molecular formula is C6H16N4O3S. The fourth-order valence-corrected chi connectivity index (χ4v) is 1.60. The number of rotatable bonds is 6. The fraction of sp³-hybridized carbons (Fsp3) is 0.833. The smallest absolute Gasteiger partial charge is 0.277 e. The Kier molecular flexibility index (Phi) is 5.43. The number of nitrogens with zero attached hydrogens (tertiary/aromatic N) is 1. The second kappa shape index (κ2) is 5.78. The molecule has 0 spiro atoms. The molecule has 5 N–H and O–H groups in total. The third-order valence-corrected chi connectivity index (χ3v) is 2.75. The van der Waals surface area contributed by atoms with Gasteiger partial charge in [-0.3, -0.25) is 0 Å². The predicted octanol–water partition coefficient (Wildman–Crippen LogP) is -1.04. The molecule has 0 aliphatic carbocycles. The molecule has 84 valence electrons. The van der Waals surface area contributed by atoms with Gasteiger partial charge in [0.1, 0.15) is 0 Å². The van der Waals surface area contributed by atoms with E-state index in [-0.39, 0.29) is 5.84 Å². The SMILES string of the molecule is CCCC(NS(=O)(=O)NC)C(N)=NO. The van der Waals surface area contributed by atoms with E-state index in [0.29, 0.717) is 12.8 Å². The van der Waals surface area contributed by atoms with Crippen LogP contribution in [0.1, 0.15) is 19.8 Å². The molecule has 0 saturated heterocycles. The Balaban J connectivity index is 4.54. The van der Waals surface area contributed by atoms with Gasteiger partial charge in [-0.05, 0) is 6.42 Å². The highest BCUT2D eigenvalue weighted by molar-refractivity contribution is 7.87. The van der Waals surface area contributed by atoms with Crippen LogP contribution in [0.25, 0.3) is 0 Å². The number of nitrogens with one attached hydrogen (secondary N) is 2. The molecule has 0 aromatic carbocycles. The molecule has 0 aromatic heterocycles. The molecule has 0 aromatic rings. The van der Waals surface area contributed by atoms with Gasteiger partial charge in [0, 0.05) is 7.05 Å². The van der Waals surface area contributed by atoms with Crippen molar-refractivity contribution in [2.75, 3.05) is 7.05 Å². The van der Waals surface area contributed by atoms with Crippen molar-refractivity contribution in [2.45, 2.75) is 25.8 Å². The molecule has 0 radical (unpaired) electrons. The Morgan fingerprint density at radius 2 is 2.21 bits per heavy atom. The molecule has 0 aliphatic heterocycles. The van der Waals surface area contributed by atoms with E-state index < -0.39 is 16.3 Å². The van der Waals surface area contributed by atoms with Gasteiger partial charge in [0.25, 0.3) is 10.2 Å². The van der Waals surface area contributed by atoms with Crippen LogP contribution in [0.4, 0.5) is 0 Å². The number of oxime groups is 1. The van der Waals surface area contributed by atoms with Crippen LogP contribution in [0.15, 0.2) is 5.16 Å². The lowest BCUT2D eigenvalue weighted by molar-refractivity contribution is 0.315. The molecule has 0 rings (SSSR count). The van der Waals surface area contributed by atoms with Crippen LogP contribution in [0.2, 0.25) is 0 Å². The van der Waals surface area contributed by atoms with Gasteiger partial charge in [0.05, 0.1) is 6.04 Å². The predicted molar refractivity (Wildman–Crippen MR) is 53.2 cm³/mol. The largest absolute Gasteiger partial charge is 0.409 e. The van der Waals surface area contributed by atoms with Crippen molar-refractivity contribution in [2.24, 2.45) is 10.9 Å². The van der Waals surface area contributed by atoms with Gasteiger partial charge in [-0.25, -0.2) is 4.72 Å². The van der Waals surface area contributed by atoms with Gasteiger partial charge in [0.15, 0.2) is 5.84 Å². The summed E-state index contributed by atoms with van der Waals surface area (Å²) in [6.07, 6.45) is 1.18. The van der Waals surface area contributed by atoms with Crippen LogP contribution in [-0.4, -0.2) is 32.6 Å². The first kappa shape index (κ1) is 13.1. The molecule has 8 heteroatoms. The summed E-state index contributed by atoms with van der Waals surface area (Å²) in [5.41, 5.74) is 5.31. The minimum Gasteiger partial charge on any atom is -0.409 e. The van der Waals surface area contributed by atoms with Crippen LogP contribution in [0.3, 0.4) is 0 Å². The Morgan fingerprint density at radius 1 is 1.64 bits per heavy atom. The first-order chi connectivity index (χ1) is 6.46. The van der Waals surface area contributed by atoms with E-state index in [4.69, 9.17) is 10.9 Å². The van der Waals surface area contributed by atoms with Crippen LogP contribution in [0.5, 0.6) is 0 Å². The van der Waals surface area contributed by atoms with Gasteiger partial charge in [-0.15, -0.1) is 0 Å². The molecule has 1 atom stereocenters. The van der Waals surface area contributed by atoms with Crippen LogP contribution in [-0.2, 0) is 10.2 Å². The number of nitrogens with two attached hydrogens (primary N) is 1. The summed E-state index contributed by atoms with van der Waals surface area (Å²) in [4.78, 5) is 0. The van der Waals surface area contributed by atoms with Crippen molar-refractivity contribution in [1.82, 2.24) is 9.44 Å². The third-order valence-electron chi connectivity index (χ3n) is 1.62. The lowest BCUT2D eigenvalue weighted by atomic mass is 10.2. The summed E-state index contributed by atoms with van der Waals surface area (Å²) in [5.74, 6) is -0.148. The monoisotopic (exact) mass is 224 g/mol. The zero-order chi connectivity index (χ0) is 11.2. The standard InChI is InChI=1S/C6H16N4O3S/c1-3-4-5(6(7)9-11)10-14(12,13)8-2/h5,8,10-11H,3-4H2,1-2H3,(H2,7,9). The van der Waals surface area contributed by atoms with Gasteiger partial charge in [-0.1, -0.05) is 18.5 Å². The van der Waals surface area contributed by atoms with E-state index in [0.717, 1.165) is 0 Å². The van der Waals surface area contributed by atoms with E-state index in [1.54, 1.807) is 0 Å². The second-order valence-electron chi connectivity index (χ2n) is 2.69. The quantitative estimate of drug-likeness (QED) is 0.199. The molecule has 0 bridgehead atoms. The molecule has 14 heavy (non-hydrogen) atoms. The van der Waals surface area contributed by atoms with Gasteiger partial charge in [-0.2, -0.15) is 13.1 Å². The molecule has 0 fully saturated rings. The van der Waals surface area contributed by atoms with E-state index >= 15 is 0 Å². The summed E-state index contributed by atoms with van der Waals surface area (Å²) in [5, 5.41) is 11.2. The van der Waals surface area contributed by atoms with Gasteiger partial charge < -0.3 is 10.9 Å². The van der Waals surface area contributed by atoms with Crippen LogP contribution in [0, 0.1) is 0 Å². The van der Waals surface area contributed by atoms with Gasteiger partial charge in [0.2, 0.25) is 0 Å². The lowest BCUT2D eigenvalue weighted by Crippen LogP contribution is -2.47. The van der Waals surface area contributed by atoms with Gasteiger partial charge >= 0.3 is 0 Å². The van der Waals surface area contributed by atoms with E-state index in [2.05, 4.69) is 14.6 Å². The summed E-state index contributed by atoms with van der Waals surface area (Å²) in [6, 6.07) is -0.678. The highest BCUT2D eigenvalue weighted by Gasteiger charge is 2.18. The Hall–Kier alpha value is -0.860. The fourth-order valence-electron chi connectivity index (χ4n) is 0.872. The van der Waals surface area contributed by atoms with E-state index in [1.807, 2.05) is 6.92 Å². The lowest BCUT2D eigenvalue weighted by Gasteiger charge is -2.15. The van der Waals surface area contributed by atoms with E-state index in [1.165, 1.54) is 7.05 Å². The Labute approximate surface area is 83.5 Å². The van der Waals surface area contributed by atoms with Crippen LogP contribution >= 0.6 is 0 Å². The molecule has 0 amide bonds. The summed E-state index contributed by atoms with van der Waals surface area (Å²) in [6.45, 7) is 1.87. The minimum atomic E-state index is -3.57. The average molecular weight is 224 g/mol. The van der Waals surface area contributed by atoms with Crippen molar-refractivity contribution in [1.29, 1.82) is 0 Å². The number of amidine groups is 1. The van der Waals surface area contributed by atoms with Crippen molar-refractivity contribution in [3.63, 3.8) is 0 Å². The molecule has 0 aliphatic rings. The molecule has 0 heterocycles. The molecular weight excluding hydrogens is 208 g/mol. The topological polar surface area (TPSA) is 117 Å². The number of hydrogen-bond acceptors (Lipinski definition) is 4. The summed E-state index contributed by atoms with van der Waals surface area (Å²) < 4.78 is 26.5.